The van der Waals surface area contributed by atoms with E-state index in [0.29, 0.717) is 24.7 Å². The first-order valence-corrected chi connectivity index (χ1v) is 11.7. The first-order chi connectivity index (χ1) is 16.9. The van der Waals surface area contributed by atoms with Gasteiger partial charge in [-0.1, -0.05) is 41.1 Å². The number of aliphatic hydroxyl groups is 1. The number of hydrogen-bond acceptors (Lipinski definition) is 7. The smallest absolute Gasteiger partial charge is 0.211 e. The monoisotopic (exact) mass is 474 g/mol. The van der Waals surface area contributed by atoms with Crippen LogP contribution in [0.25, 0.3) is 11.8 Å². The van der Waals surface area contributed by atoms with Crippen LogP contribution in [0.1, 0.15) is 35.3 Å². The number of aliphatic hydroxyl groups excluding tert-OH is 1. The molecular formula is C27H30N4O4. The highest BCUT2D eigenvalue weighted by molar-refractivity contribution is 6.01. The molecule has 2 aromatic carbocycles. The van der Waals surface area contributed by atoms with Crippen molar-refractivity contribution in [3.05, 3.63) is 83.1 Å². The van der Waals surface area contributed by atoms with Crippen LogP contribution < -0.4 is 4.74 Å². The van der Waals surface area contributed by atoms with Crippen molar-refractivity contribution < 1.29 is 19.4 Å². The molecular weight excluding hydrogens is 444 g/mol. The fourth-order valence-electron chi connectivity index (χ4n) is 4.57. The van der Waals surface area contributed by atoms with E-state index >= 15 is 0 Å². The molecule has 0 amide bonds. The van der Waals surface area contributed by atoms with Crippen LogP contribution in [-0.2, 0) is 9.57 Å². The summed E-state index contributed by atoms with van der Waals surface area (Å²) < 4.78 is 13.6. The zero-order valence-electron chi connectivity index (χ0n) is 20.4. The molecule has 1 aromatic heterocycles. The van der Waals surface area contributed by atoms with E-state index < -0.39 is 12.2 Å². The number of aromatic nitrogens is 2. The van der Waals surface area contributed by atoms with E-state index in [1.54, 1.807) is 20.4 Å². The maximum Gasteiger partial charge on any atom is 0.211 e. The lowest BCUT2D eigenvalue weighted by molar-refractivity contribution is -0.0887. The van der Waals surface area contributed by atoms with Crippen LogP contribution in [0, 0.1) is 13.8 Å². The predicted octanol–water partition coefficient (Wildman–Crippen LogP) is 4.01. The summed E-state index contributed by atoms with van der Waals surface area (Å²) in [5, 5.41) is 14.8. The molecule has 2 aliphatic heterocycles. The van der Waals surface area contributed by atoms with Gasteiger partial charge in [0.25, 0.3) is 0 Å². The zero-order valence-corrected chi connectivity index (χ0v) is 20.4. The van der Waals surface area contributed by atoms with E-state index in [0.717, 1.165) is 28.3 Å². The SMILES string of the molecule is COc1cc(/C=C2\OCCN3C2=NOC(C(C)O)C3c2ccc(C)cc2)ccc1-n1cnc(C)c1. The molecule has 8 nitrogen and oxygen atoms in total. The highest BCUT2D eigenvalue weighted by atomic mass is 16.7. The number of fused-ring (bicyclic) bond motifs is 1. The van der Waals surface area contributed by atoms with Gasteiger partial charge in [-0.3, -0.25) is 0 Å². The van der Waals surface area contributed by atoms with Crippen molar-refractivity contribution in [2.45, 2.75) is 39.0 Å². The number of morpholine rings is 1. The summed E-state index contributed by atoms with van der Waals surface area (Å²) >= 11 is 0. The highest BCUT2D eigenvalue weighted by Gasteiger charge is 2.42. The van der Waals surface area contributed by atoms with E-state index in [4.69, 9.17) is 14.3 Å². The Balaban J connectivity index is 1.50. The van der Waals surface area contributed by atoms with Gasteiger partial charge in [-0.25, -0.2) is 4.98 Å². The molecule has 8 heteroatoms. The van der Waals surface area contributed by atoms with Crippen LogP contribution in [0.5, 0.6) is 5.75 Å². The van der Waals surface area contributed by atoms with E-state index in [2.05, 4.69) is 46.2 Å². The van der Waals surface area contributed by atoms with Crippen LogP contribution in [-0.4, -0.2) is 57.9 Å². The van der Waals surface area contributed by atoms with Crippen molar-refractivity contribution in [3.8, 4) is 11.4 Å². The second-order valence-electron chi connectivity index (χ2n) is 8.99. The standard InChI is InChI=1S/C27H30N4O4/c1-17-5-8-21(9-6-17)25-26(19(3)32)35-29-27-24(34-12-11-31(25)27)14-20-7-10-22(23(13-20)33-4)30-15-18(2)28-16-30/h5-10,13-16,19,25-26,32H,11-12H2,1-4H3/b24-14-. The molecule has 182 valence electrons. The quantitative estimate of drug-likeness (QED) is 0.602. The molecule has 5 rings (SSSR count). The third-order valence-electron chi connectivity index (χ3n) is 6.38. The Hall–Kier alpha value is -3.78. The third kappa shape index (κ3) is 4.49. The molecule has 3 unspecified atom stereocenters. The van der Waals surface area contributed by atoms with Gasteiger partial charge in [0, 0.05) is 6.20 Å². The number of methoxy groups -OCH3 is 1. The Kier molecular flexibility index (Phi) is 6.21. The molecule has 1 fully saturated rings. The van der Waals surface area contributed by atoms with Gasteiger partial charge in [0.1, 0.15) is 12.4 Å². The van der Waals surface area contributed by atoms with Crippen LogP contribution in [0.4, 0.5) is 0 Å². The molecule has 0 spiro atoms. The molecule has 1 N–H and O–H groups in total. The highest BCUT2D eigenvalue weighted by Crippen LogP contribution is 2.36. The maximum atomic E-state index is 10.4. The number of hydrogen-bond donors (Lipinski definition) is 1. The first kappa shape index (κ1) is 23.0. The van der Waals surface area contributed by atoms with Gasteiger partial charge in [-0.05, 0) is 50.1 Å². The molecule has 3 heterocycles. The number of aryl methyl sites for hydroxylation is 2. The van der Waals surface area contributed by atoms with Crippen molar-refractivity contribution in [1.29, 1.82) is 0 Å². The fraction of sp³-hybridized carbons (Fsp3) is 0.333. The minimum Gasteiger partial charge on any atom is -0.495 e. The van der Waals surface area contributed by atoms with Gasteiger partial charge in [-0.2, -0.15) is 0 Å². The minimum atomic E-state index is -0.689. The van der Waals surface area contributed by atoms with Crippen molar-refractivity contribution in [2.24, 2.45) is 5.16 Å². The summed E-state index contributed by atoms with van der Waals surface area (Å²) in [5.74, 6) is 1.95. The molecule has 0 saturated carbocycles. The third-order valence-corrected chi connectivity index (χ3v) is 6.38. The number of nitrogens with zero attached hydrogens (tertiary/aromatic N) is 4. The van der Waals surface area contributed by atoms with E-state index in [9.17, 15) is 5.11 Å². The number of rotatable bonds is 5. The molecule has 0 bridgehead atoms. The van der Waals surface area contributed by atoms with Gasteiger partial charge in [-0.15, -0.1) is 0 Å². The Morgan fingerprint density at radius 3 is 2.66 bits per heavy atom. The summed E-state index contributed by atoms with van der Waals surface area (Å²) in [6.07, 6.45) is 4.49. The van der Waals surface area contributed by atoms with Gasteiger partial charge in [0.15, 0.2) is 11.9 Å². The second-order valence-corrected chi connectivity index (χ2v) is 8.99. The van der Waals surface area contributed by atoms with Gasteiger partial charge < -0.3 is 28.9 Å². The van der Waals surface area contributed by atoms with Crippen LogP contribution in [0.3, 0.4) is 0 Å². The average Bonchev–Trinajstić information content (AvgIpc) is 3.30. The zero-order chi connectivity index (χ0) is 24.5. The van der Waals surface area contributed by atoms with E-state index in [1.165, 1.54) is 5.56 Å². The lowest BCUT2D eigenvalue weighted by Crippen LogP contribution is -2.52. The van der Waals surface area contributed by atoms with Crippen molar-refractivity contribution in [1.82, 2.24) is 14.5 Å². The minimum absolute atomic E-state index is 0.184. The lowest BCUT2D eigenvalue weighted by Gasteiger charge is -2.44. The van der Waals surface area contributed by atoms with Gasteiger partial charge >= 0.3 is 0 Å². The Labute approximate surface area is 205 Å². The molecule has 0 radical (unpaired) electrons. The Morgan fingerprint density at radius 2 is 1.97 bits per heavy atom. The number of benzene rings is 2. The summed E-state index contributed by atoms with van der Waals surface area (Å²) in [6, 6.07) is 14.1. The first-order valence-electron chi connectivity index (χ1n) is 11.7. The Bertz CT molecular complexity index is 1260. The summed E-state index contributed by atoms with van der Waals surface area (Å²) in [5.41, 5.74) is 4.99. The molecule has 35 heavy (non-hydrogen) atoms. The number of ether oxygens (including phenoxy) is 2. The summed E-state index contributed by atoms with van der Waals surface area (Å²) in [6.45, 7) is 6.89. The Morgan fingerprint density at radius 1 is 1.17 bits per heavy atom. The van der Waals surface area contributed by atoms with Crippen molar-refractivity contribution in [2.75, 3.05) is 20.3 Å². The molecule has 3 atom stereocenters. The molecule has 0 aliphatic carbocycles. The van der Waals surface area contributed by atoms with Crippen molar-refractivity contribution >= 4 is 11.9 Å². The topological polar surface area (TPSA) is 81.3 Å². The maximum absolute atomic E-state index is 10.4. The number of imidazole rings is 1. The number of oxime groups is 1. The molecule has 1 saturated heterocycles. The van der Waals surface area contributed by atoms with Crippen LogP contribution >= 0.6 is 0 Å². The second kappa shape index (κ2) is 9.46. The molecule has 2 aliphatic rings. The summed E-state index contributed by atoms with van der Waals surface area (Å²) in [4.78, 5) is 12.3. The molecule has 3 aromatic rings. The lowest BCUT2D eigenvalue weighted by atomic mass is 9.94. The van der Waals surface area contributed by atoms with Gasteiger partial charge in [0.2, 0.25) is 5.84 Å². The normalized spacial score (nSPS) is 21.6. The van der Waals surface area contributed by atoms with Gasteiger partial charge in [0.05, 0.1) is 43.5 Å². The largest absolute Gasteiger partial charge is 0.495 e. The summed E-state index contributed by atoms with van der Waals surface area (Å²) in [7, 11) is 1.65. The fourth-order valence-corrected chi connectivity index (χ4v) is 4.57. The van der Waals surface area contributed by atoms with E-state index in [1.807, 2.05) is 42.0 Å². The van der Waals surface area contributed by atoms with E-state index in [-0.39, 0.29) is 6.04 Å². The van der Waals surface area contributed by atoms with Crippen molar-refractivity contribution in [3.63, 3.8) is 0 Å². The average molecular weight is 475 g/mol. The van der Waals surface area contributed by atoms with Crippen LogP contribution in [0.15, 0.2) is 65.9 Å². The predicted molar refractivity (Wildman–Crippen MR) is 133 cm³/mol. The number of amidine groups is 1. The van der Waals surface area contributed by atoms with Crippen LogP contribution in [0.2, 0.25) is 0 Å².